The van der Waals surface area contributed by atoms with Crippen LogP contribution >= 0.6 is 0 Å². The number of anilines is 2. The summed E-state index contributed by atoms with van der Waals surface area (Å²) >= 11 is 0. The van der Waals surface area contributed by atoms with E-state index in [2.05, 4.69) is 15.2 Å². The van der Waals surface area contributed by atoms with Gasteiger partial charge in [0.25, 0.3) is 11.8 Å². The van der Waals surface area contributed by atoms with Gasteiger partial charge in [-0.05, 0) is 61.6 Å². The Balaban J connectivity index is 1.32. The lowest BCUT2D eigenvalue weighted by molar-refractivity contribution is -0.351. The second kappa shape index (κ2) is 10.1. The van der Waals surface area contributed by atoms with Crippen molar-refractivity contribution in [3.05, 3.63) is 71.0 Å². The van der Waals surface area contributed by atoms with Crippen molar-refractivity contribution in [1.82, 2.24) is 9.78 Å². The lowest BCUT2D eigenvalue weighted by Crippen LogP contribution is -2.47. The number of hydrogen-bond acceptors (Lipinski definition) is 6. The molecule has 1 fully saturated rings. The van der Waals surface area contributed by atoms with Crippen molar-refractivity contribution >= 4 is 23.2 Å². The van der Waals surface area contributed by atoms with E-state index in [1.165, 1.54) is 24.1 Å². The van der Waals surface area contributed by atoms with Crippen molar-refractivity contribution in [2.45, 2.75) is 50.7 Å². The van der Waals surface area contributed by atoms with Crippen LogP contribution in [0.15, 0.2) is 48.7 Å². The van der Waals surface area contributed by atoms with Crippen LogP contribution in [0, 0.1) is 11.3 Å². The van der Waals surface area contributed by atoms with Gasteiger partial charge in [-0.1, -0.05) is 12.1 Å². The van der Waals surface area contributed by atoms with Crippen LogP contribution in [0.1, 0.15) is 57.7 Å². The summed E-state index contributed by atoms with van der Waals surface area (Å²) in [4.78, 5) is 28.3. The molecule has 0 bridgehead atoms. The Labute approximate surface area is 221 Å². The maximum Gasteiger partial charge on any atom is 0.522 e. The molecular formula is C27H24F3N5O4. The standard InChI is InChI=1S/C27H24F3N5O4/c1-15-14-34-24(22(13-32-34)25(36)33-19-5-8-23(38-2)18(9-19)12-31)26(37)35(15)20-6-3-16(4-7-20)17-10-21(11-17)39-27(28,29)30/h3-9,13,15,17,21H,10-11,14H2,1-2H3,(H,33,36)/t15-,17-,21+/m0/s1. The number of rotatable bonds is 6. The van der Waals surface area contributed by atoms with E-state index in [1.54, 1.807) is 41.3 Å². The zero-order valence-corrected chi connectivity index (χ0v) is 21.0. The number of aromatic nitrogens is 2. The number of halogens is 3. The highest BCUT2D eigenvalue weighted by Gasteiger charge is 2.41. The molecule has 202 valence electrons. The van der Waals surface area contributed by atoms with Crippen molar-refractivity contribution in [2.24, 2.45) is 0 Å². The number of amides is 2. The van der Waals surface area contributed by atoms with E-state index in [9.17, 15) is 28.0 Å². The maximum absolute atomic E-state index is 13.6. The number of carbonyl (C=O) groups excluding carboxylic acids is 2. The van der Waals surface area contributed by atoms with Crippen LogP contribution in [0.25, 0.3) is 0 Å². The SMILES string of the molecule is COc1ccc(NC(=O)c2cnn3c2C(=O)N(c2ccc([C@H]4C[C@@H](OC(F)(F)F)C4)cc2)[C@@H](C)C3)cc1C#N. The average molecular weight is 540 g/mol. The molecule has 1 atom stereocenters. The predicted molar refractivity (Wildman–Crippen MR) is 134 cm³/mol. The van der Waals surface area contributed by atoms with Crippen LogP contribution in [0.3, 0.4) is 0 Å². The van der Waals surface area contributed by atoms with Crippen LogP contribution in [0.4, 0.5) is 24.5 Å². The highest BCUT2D eigenvalue weighted by Crippen LogP contribution is 2.42. The van der Waals surface area contributed by atoms with E-state index in [0.29, 0.717) is 23.7 Å². The van der Waals surface area contributed by atoms with Crippen molar-refractivity contribution in [2.75, 3.05) is 17.3 Å². The van der Waals surface area contributed by atoms with Crippen molar-refractivity contribution in [3.63, 3.8) is 0 Å². The number of carbonyl (C=O) groups is 2. The smallest absolute Gasteiger partial charge is 0.495 e. The molecule has 9 nitrogen and oxygen atoms in total. The van der Waals surface area contributed by atoms with Gasteiger partial charge in [0, 0.05) is 11.4 Å². The normalized spacial score (nSPS) is 20.6. The van der Waals surface area contributed by atoms with Crippen LogP contribution in [0.2, 0.25) is 0 Å². The molecule has 1 N–H and O–H groups in total. The average Bonchev–Trinajstić information content (AvgIpc) is 3.30. The summed E-state index contributed by atoms with van der Waals surface area (Å²) in [5.74, 6) is -0.629. The first-order valence-corrected chi connectivity index (χ1v) is 12.2. The molecule has 0 spiro atoms. The van der Waals surface area contributed by atoms with E-state index >= 15 is 0 Å². The number of ether oxygens (including phenoxy) is 2. The van der Waals surface area contributed by atoms with Gasteiger partial charge in [0.15, 0.2) is 0 Å². The van der Waals surface area contributed by atoms with Gasteiger partial charge in [-0.3, -0.25) is 19.0 Å². The Morgan fingerprint density at radius 3 is 2.54 bits per heavy atom. The molecule has 1 aliphatic carbocycles. The van der Waals surface area contributed by atoms with Gasteiger partial charge in [0.2, 0.25) is 0 Å². The van der Waals surface area contributed by atoms with E-state index in [0.717, 1.165) is 5.56 Å². The zero-order chi connectivity index (χ0) is 27.9. The van der Waals surface area contributed by atoms with Crippen molar-refractivity contribution in [1.29, 1.82) is 5.26 Å². The highest BCUT2D eigenvalue weighted by atomic mass is 19.4. The third-order valence-corrected chi connectivity index (χ3v) is 7.00. The van der Waals surface area contributed by atoms with Crippen LogP contribution < -0.4 is 15.0 Å². The molecule has 2 aliphatic rings. The fourth-order valence-corrected chi connectivity index (χ4v) is 5.04. The van der Waals surface area contributed by atoms with E-state index in [1.807, 2.05) is 13.0 Å². The first-order chi connectivity index (χ1) is 18.6. The molecule has 1 aliphatic heterocycles. The fraction of sp³-hybridized carbons (Fsp3) is 0.333. The van der Waals surface area contributed by atoms with Crippen LogP contribution in [0.5, 0.6) is 5.75 Å². The summed E-state index contributed by atoms with van der Waals surface area (Å²) in [6.07, 6.45) is -3.58. The molecule has 0 radical (unpaired) electrons. The number of hydrogen-bond donors (Lipinski definition) is 1. The van der Waals surface area contributed by atoms with Gasteiger partial charge >= 0.3 is 6.36 Å². The topological polar surface area (TPSA) is 109 Å². The van der Waals surface area contributed by atoms with E-state index in [4.69, 9.17) is 4.74 Å². The molecule has 3 aromatic rings. The number of nitrogens with one attached hydrogen (secondary N) is 1. The number of nitriles is 1. The second-order valence-corrected chi connectivity index (χ2v) is 9.54. The molecule has 0 saturated heterocycles. The number of fused-ring (bicyclic) bond motifs is 1. The third-order valence-electron chi connectivity index (χ3n) is 7.00. The number of methoxy groups -OCH3 is 1. The monoisotopic (exact) mass is 539 g/mol. The molecule has 0 unspecified atom stereocenters. The zero-order valence-electron chi connectivity index (χ0n) is 21.0. The fourth-order valence-electron chi connectivity index (χ4n) is 5.04. The number of alkyl halides is 3. The van der Waals surface area contributed by atoms with E-state index in [-0.39, 0.29) is 41.6 Å². The minimum absolute atomic E-state index is 0.0443. The van der Waals surface area contributed by atoms with Gasteiger partial charge in [-0.25, -0.2) is 0 Å². The molecule has 39 heavy (non-hydrogen) atoms. The summed E-state index contributed by atoms with van der Waals surface area (Å²) in [5, 5.41) is 16.3. The summed E-state index contributed by atoms with van der Waals surface area (Å²) in [6.45, 7) is 2.22. The molecule has 2 heterocycles. The largest absolute Gasteiger partial charge is 0.522 e. The molecule has 1 saturated carbocycles. The third kappa shape index (κ3) is 5.18. The summed E-state index contributed by atoms with van der Waals surface area (Å²) < 4.78 is 47.9. The van der Waals surface area contributed by atoms with Gasteiger partial charge in [-0.15, -0.1) is 13.2 Å². The highest BCUT2D eigenvalue weighted by molar-refractivity contribution is 6.15. The quantitative estimate of drug-likeness (QED) is 0.480. The Bertz CT molecular complexity index is 1460. The lowest BCUT2D eigenvalue weighted by Gasteiger charge is -2.36. The number of benzene rings is 2. The Hall–Kier alpha value is -4.37. The van der Waals surface area contributed by atoms with Crippen LogP contribution in [-0.4, -0.2) is 47.2 Å². The summed E-state index contributed by atoms with van der Waals surface area (Å²) in [7, 11) is 1.44. The maximum atomic E-state index is 13.6. The number of nitrogens with zero attached hydrogens (tertiary/aromatic N) is 4. The molecule has 2 amide bonds. The molecule has 2 aromatic carbocycles. The van der Waals surface area contributed by atoms with Crippen molar-refractivity contribution < 1.29 is 32.2 Å². The minimum atomic E-state index is -4.64. The van der Waals surface area contributed by atoms with Gasteiger partial charge in [-0.2, -0.15) is 10.4 Å². The summed E-state index contributed by atoms with van der Waals surface area (Å²) in [6, 6.07) is 13.5. The van der Waals surface area contributed by atoms with Gasteiger partial charge in [0.1, 0.15) is 17.5 Å². The van der Waals surface area contributed by atoms with Gasteiger partial charge < -0.3 is 15.0 Å². The van der Waals surface area contributed by atoms with Crippen LogP contribution in [-0.2, 0) is 11.3 Å². The Morgan fingerprint density at radius 2 is 1.90 bits per heavy atom. The molecule has 12 heteroatoms. The second-order valence-electron chi connectivity index (χ2n) is 9.54. The van der Waals surface area contributed by atoms with Crippen molar-refractivity contribution in [3.8, 4) is 11.8 Å². The first kappa shape index (κ1) is 26.2. The molecule has 1 aromatic heterocycles. The van der Waals surface area contributed by atoms with Gasteiger partial charge in [0.05, 0.1) is 43.1 Å². The summed E-state index contributed by atoms with van der Waals surface area (Å²) in [5.41, 5.74) is 2.31. The Morgan fingerprint density at radius 1 is 1.18 bits per heavy atom. The lowest BCUT2D eigenvalue weighted by atomic mass is 9.77. The minimum Gasteiger partial charge on any atom is -0.495 e. The first-order valence-electron chi connectivity index (χ1n) is 12.2. The van der Waals surface area contributed by atoms with E-state index < -0.39 is 24.3 Å². The molecular weight excluding hydrogens is 515 g/mol. The Kier molecular flexibility index (Phi) is 6.78. The predicted octanol–water partition coefficient (Wildman–Crippen LogP) is 4.85. The molecule has 5 rings (SSSR count).